The number of fused-ring (bicyclic) bond motifs is 3. The van der Waals surface area contributed by atoms with Gasteiger partial charge < -0.3 is 30.5 Å². The molecule has 2 aliphatic heterocycles. The van der Waals surface area contributed by atoms with Crippen LogP contribution in [-0.2, 0) is 39.3 Å². The van der Waals surface area contributed by atoms with Crippen LogP contribution in [0.15, 0.2) is 18.2 Å². The van der Waals surface area contributed by atoms with Crippen molar-refractivity contribution in [2.75, 3.05) is 18.9 Å². The Balaban J connectivity index is 1.25. The minimum absolute atomic E-state index is 0.0120. The van der Waals surface area contributed by atoms with Crippen molar-refractivity contribution in [3.05, 3.63) is 50.2 Å². The summed E-state index contributed by atoms with van der Waals surface area (Å²) in [4.78, 5) is 44.2. The van der Waals surface area contributed by atoms with Gasteiger partial charge in [0.15, 0.2) is 5.60 Å². The lowest BCUT2D eigenvalue weighted by atomic mass is 9.94. The molecule has 3 atom stereocenters. The van der Waals surface area contributed by atoms with Crippen molar-refractivity contribution in [1.82, 2.24) is 15.1 Å². The van der Waals surface area contributed by atoms with Gasteiger partial charge in [-0.05, 0) is 86.8 Å². The summed E-state index contributed by atoms with van der Waals surface area (Å²) in [7, 11) is 1.53. The van der Waals surface area contributed by atoms with Crippen LogP contribution in [0.2, 0.25) is 0 Å². The Hall–Kier alpha value is -2.99. The molecular weight excluding hydrogens is 520 g/mol. The van der Waals surface area contributed by atoms with Crippen molar-refractivity contribution in [2.24, 2.45) is 5.92 Å². The minimum atomic E-state index is -1.58. The van der Waals surface area contributed by atoms with Crippen LogP contribution in [0, 0.1) is 19.8 Å². The van der Waals surface area contributed by atoms with E-state index < -0.39 is 29.6 Å². The van der Waals surface area contributed by atoms with Gasteiger partial charge in [0, 0.05) is 28.4 Å². The number of aryl methyl sites for hydroxylation is 2. The summed E-state index contributed by atoms with van der Waals surface area (Å²) in [6, 6.07) is 4.86. The highest BCUT2D eigenvalue weighted by Gasteiger charge is 2.58. The number of amides is 4. The maximum atomic E-state index is 13.8. The van der Waals surface area contributed by atoms with Crippen LogP contribution < -0.4 is 10.6 Å². The Morgan fingerprint density at radius 2 is 1.97 bits per heavy atom. The van der Waals surface area contributed by atoms with Crippen LogP contribution in [0.25, 0.3) is 0 Å². The maximum absolute atomic E-state index is 13.8. The highest BCUT2D eigenvalue weighted by atomic mass is 32.1. The molecule has 1 unspecified atom stereocenters. The maximum Gasteiger partial charge on any atom is 0.318 e. The number of aliphatic hydroxyl groups is 2. The fraction of sp³-hybridized carbons (Fsp3) is 0.536. The van der Waals surface area contributed by atoms with E-state index in [4.69, 9.17) is 4.74 Å². The lowest BCUT2D eigenvalue weighted by Crippen LogP contribution is -2.56. The number of nitrogens with one attached hydrogen (secondary N) is 2. The van der Waals surface area contributed by atoms with Gasteiger partial charge in [-0.15, -0.1) is 11.3 Å². The number of ether oxygens (including phenoxy) is 1. The molecule has 3 heterocycles. The molecular formula is C28H34N4O6S. The molecule has 10 nitrogen and oxygen atoms in total. The van der Waals surface area contributed by atoms with Gasteiger partial charge in [-0.1, -0.05) is 6.07 Å². The van der Waals surface area contributed by atoms with E-state index in [0.29, 0.717) is 36.9 Å². The molecule has 1 aromatic carbocycles. The highest BCUT2D eigenvalue weighted by Crippen LogP contribution is 2.49. The summed E-state index contributed by atoms with van der Waals surface area (Å²) in [6.45, 7) is 4.06. The molecule has 11 heteroatoms. The quantitative estimate of drug-likeness (QED) is 0.459. The third-order valence-corrected chi connectivity index (χ3v) is 10.1. The van der Waals surface area contributed by atoms with Gasteiger partial charge in [-0.3, -0.25) is 14.5 Å². The summed E-state index contributed by atoms with van der Waals surface area (Å²) in [5.41, 5.74) is 1.81. The summed E-state index contributed by atoms with van der Waals surface area (Å²) in [5, 5.41) is 27.9. The molecule has 0 radical (unpaired) electrons. The second kappa shape index (κ2) is 9.29. The fourth-order valence-corrected chi connectivity index (χ4v) is 7.68. The zero-order valence-corrected chi connectivity index (χ0v) is 23.2. The number of hydrogen-bond donors (Lipinski definition) is 4. The number of urea groups is 1. The predicted octanol–water partition coefficient (Wildman–Crippen LogP) is 2.47. The number of benzene rings is 1. The van der Waals surface area contributed by atoms with Crippen molar-refractivity contribution in [1.29, 1.82) is 0 Å². The van der Waals surface area contributed by atoms with Crippen molar-refractivity contribution >= 4 is 34.9 Å². The molecule has 2 aromatic rings. The van der Waals surface area contributed by atoms with E-state index in [1.807, 2.05) is 0 Å². The number of thiophene rings is 1. The minimum Gasteiger partial charge on any atom is -0.370 e. The van der Waals surface area contributed by atoms with Gasteiger partial charge in [0.05, 0.1) is 6.54 Å². The lowest BCUT2D eigenvalue weighted by molar-refractivity contribution is -0.189. The first-order valence-corrected chi connectivity index (χ1v) is 14.3. The van der Waals surface area contributed by atoms with Crippen molar-refractivity contribution in [2.45, 2.75) is 76.7 Å². The van der Waals surface area contributed by atoms with Crippen LogP contribution in [0.1, 0.15) is 57.7 Å². The second-order valence-electron chi connectivity index (χ2n) is 11.1. The SMILES string of the molecule is CNC(=O)Nc1ccc2c(c1)CC[C@]21OC(O)N(CC(=O)N2Cc3sc(C)c(C)c3CC[C@@]2(O)C2CC2)C1=O. The van der Waals surface area contributed by atoms with Crippen LogP contribution in [0.4, 0.5) is 10.5 Å². The molecule has 1 saturated carbocycles. The number of anilines is 1. The monoisotopic (exact) mass is 554 g/mol. The van der Waals surface area contributed by atoms with Gasteiger partial charge in [0.1, 0.15) is 12.3 Å². The van der Waals surface area contributed by atoms with E-state index in [0.717, 1.165) is 28.2 Å². The Kier molecular flexibility index (Phi) is 6.25. The first-order chi connectivity index (χ1) is 18.6. The smallest absolute Gasteiger partial charge is 0.318 e. The Bertz CT molecular complexity index is 1370. The number of carbonyl (C=O) groups is 3. The van der Waals surface area contributed by atoms with E-state index in [1.165, 1.54) is 28.0 Å². The van der Waals surface area contributed by atoms with Gasteiger partial charge in [0.25, 0.3) is 5.91 Å². The molecule has 6 rings (SSSR count). The van der Waals surface area contributed by atoms with Crippen molar-refractivity contribution < 1.29 is 29.3 Å². The van der Waals surface area contributed by atoms with E-state index in [9.17, 15) is 24.6 Å². The predicted molar refractivity (Wildman–Crippen MR) is 144 cm³/mol. The van der Waals surface area contributed by atoms with Gasteiger partial charge in [-0.25, -0.2) is 4.79 Å². The van der Waals surface area contributed by atoms with E-state index in [-0.39, 0.29) is 25.0 Å². The largest absolute Gasteiger partial charge is 0.370 e. The zero-order valence-electron chi connectivity index (χ0n) is 22.4. The van der Waals surface area contributed by atoms with E-state index in [2.05, 4.69) is 24.5 Å². The number of hydrogen-bond acceptors (Lipinski definition) is 7. The second-order valence-corrected chi connectivity index (χ2v) is 12.4. The molecule has 4 N–H and O–H groups in total. The molecule has 4 amide bonds. The molecule has 1 aromatic heterocycles. The highest BCUT2D eigenvalue weighted by molar-refractivity contribution is 7.12. The van der Waals surface area contributed by atoms with Crippen LogP contribution in [0.5, 0.6) is 0 Å². The van der Waals surface area contributed by atoms with E-state index in [1.54, 1.807) is 29.5 Å². The average molecular weight is 555 g/mol. The van der Waals surface area contributed by atoms with E-state index >= 15 is 0 Å². The van der Waals surface area contributed by atoms with Crippen LogP contribution >= 0.6 is 11.3 Å². The summed E-state index contributed by atoms with van der Waals surface area (Å²) < 4.78 is 5.90. The first kappa shape index (κ1) is 26.2. The average Bonchev–Trinajstić information content (AvgIpc) is 3.64. The summed E-state index contributed by atoms with van der Waals surface area (Å²) >= 11 is 1.65. The molecule has 2 fully saturated rings. The van der Waals surface area contributed by atoms with Crippen molar-refractivity contribution in [3.63, 3.8) is 0 Å². The van der Waals surface area contributed by atoms with Crippen LogP contribution in [0.3, 0.4) is 0 Å². The standard InChI is InChI=1S/C28H34N4O6S/c1-15-16(2)39-22-13-32(28(37,18-4-5-18)11-9-20(15)22)23(33)14-31-24(34)27(38-26(31)36)10-8-17-12-19(6-7-21(17)27)30-25(35)29-3/h6-7,12,18,26,36-37H,4-5,8-11,13-14H2,1-3H3,(H2,29,30,35)/t26?,27-,28+/m0/s1. The molecule has 208 valence electrons. The third-order valence-electron chi connectivity index (χ3n) is 8.89. The number of aliphatic hydroxyl groups excluding tert-OH is 1. The molecule has 4 aliphatic rings. The summed E-state index contributed by atoms with van der Waals surface area (Å²) in [5.74, 6) is -0.863. The number of rotatable bonds is 4. The Morgan fingerprint density at radius 3 is 2.69 bits per heavy atom. The van der Waals surface area contributed by atoms with Crippen molar-refractivity contribution in [3.8, 4) is 0 Å². The number of carbonyl (C=O) groups excluding carboxylic acids is 3. The van der Waals surface area contributed by atoms with Crippen LogP contribution in [-0.4, -0.2) is 63.6 Å². The lowest BCUT2D eigenvalue weighted by Gasteiger charge is -2.39. The van der Waals surface area contributed by atoms with Gasteiger partial charge in [0.2, 0.25) is 12.3 Å². The number of nitrogens with zero attached hydrogens (tertiary/aromatic N) is 2. The molecule has 39 heavy (non-hydrogen) atoms. The topological polar surface area (TPSA) is 131 Å². The normalized spacial score (nSPS) is 27.9. The third kappa shape index (κ3) is 4.14. The first-order valence-electron chi connectivity index (χ1n) is 13.5. The Morgan fingerprint density at radius 1 is 1.21 bits per heavy atom. The molecule has 2 aliphatic carbocycles. The Labute approximate surface area is 230 Å². The molecule has 1 spiro atoms. The van der Waals surface area contributed by atoms with Gasteiger partial charge >= 0.3 is 6.03 Å². The summed E-state index contributed by atoms with van der Waals surface area (Å²) in [6.07, 6.45) is 2.12. The fourth-order valence-electron chi connectivity index (χ4n) is 6.46. The molecule has 0 bridgehead atoms. The van der Waals surface area contributed by atoms with Gasteiger partial charge in [-0.2, -0.15) is 0 Å². The molecule has 1 saturated heterocycles. The zero-order chi connectivity index (χ0) is 27.7.